The Hall–Kier alpha value is -1.71. The minimum Gasteiger partial charge on any atom is -0.504 e. The largest absolute Gasteiger partial charge is 0.504 e. The number of hydrogen-bond acceptors (Lipinski definition) is 5. The summed E-state index contributed by atoms with van der Waals surface area (Å²) in [7, 11) is 1.43. The summed E-state index contributed by atoms with van der Waals surface area (Å²) in [6, 6.07) is 1.92. The highest BCUT2D eigenvalue weighted by atomic mass is 127. The normalized spacial score (nSPS) is 12.4. The number of methoxy groups -OCH3 is 1. The third-order valence-corrected chi connectivity index (χ3v) is 3.52. The number of carboxylic acid groups (broad SMARTS) is 1. The molecule has 128 valence electrons. The van der Waals surface area contributed by atoms with E-state index in [1.165, 1.54) is 13.2 Å². The first-order chi connectivity index (χ1) is 10.5. The van der Waals surface area contributed by atoms with Crippen molar-refractivity contribution in [1.29, 1.82) is 0 Å². The van der Waals surface area contributed by atoms with E-state index in [4.69, 9.17) is 9.47 Å². The van der Waals surface area contributed by atoms with E-state index in [1.807, 2.05) is 22.6 Å². The summed E-state index contributed by atoms with van der Waals surface area (Å²) in [5.41, 5.74) is -0.169. The number of amides is 1. The van der Waals surface area contributed by atoms with Crippen LogP contribution in [0.2, 0.25) is 0 Å². The number of phenols is 1. The molecule has 7 nitrogen and oxygen atoms in total. The van der Waals surface area contributed by atoms with Gasteiger partial charge in [0.25, 0.3) is 0 Å². The first kappa shape index (κ1) is 19.3. The summed E-state index contributed by atoms with van der Waals surface area (Å²) >= 11 is 1.97. The number of aliphatic carboxylic acids is 1. The van der Waals surface area contributed by atoms with E-state index in [0.29, 0.717) is 14.9 Å². The maximum absolute atomic E-state index is 11.7. The van der Waals surface area contributed by atoms with Crippen molar-refractivity contribution in [1.82, 2.24) is 5.32 Å². The van der Waals surface area contributed by atoms with Crippen LogP contribution in [0.1, 0.15) is 26.3 Å². The fraction of sp³-hybridized carbons (Fsp3) is 0.467. The van der Waals surface area contributed by atoms with Crippen LogP contribution in [0.5, 0.6) is 11.5 Å². The van der Waals surface area contributed by atoms with E-state index in [0.717, 1.165) is 0 Å². The van der Waals surface area contributed by atoms with Crippen molar-refractivity contribution in [3.8, 4) is 11.5 Å². The highest BCUT2D eigenvalue weighted by Gasteiger charge is 2.25. The van der Waals surface area contributed by atoms with Crippen molar-refractivity contribution in [2.75, 3.05) is 7.11 Å². The molecule has 0 saturated carbocycles. The molecule has 0 heterocycles. The SMILES string of the molecule is COc1c(O)cc(CC(NC(=O)OC(C)(C)C)C(=O)O)cc1I. The molecule has 1 unspecified atom stereocenters. The van der Waals surface area contributed by atoms with E-state index in [-0.39, 0.29) is 12.2 Å². The summed E-state index contributed by atoms with van der Waals surface area (Å²) < 4.78 is 10.7. The van der Waals surface area contributed by atoms with Crippen molar-refractivity contribution in [3.63, 3.8) is 0 Å². The Bertz CT molecular complexity index is 573. The highest BCUT2D eigenvalue weighted by Crippen LogP contribution is 2.32. The van der Waals surface area contributed by atoms with E-state index >= 15 is 0 Å². The number of carboxylic acids is 1. The van der Waals surface area contributed by atoms with Gasteiger partial charge in [0.2, 0.25) is 0 Å². The van der Waals surface area contributed by atoms with Gasteiger partial charge in [0.1, 0.15) is 11.6 Å². The zero-order valence-corrected chi connectivity index (χ0v) is 15.5. The number of rotatable bonds is 5. The topological polar surface area (TPSA) is 105 Å². The van der Waals surface area contributed by atoms with Gasteiger partial charge < -0.3 is 25.0 Å². The van der Waals surface area contributed by atoms with Crippen LogP contribution in [-0.4, -0.2) is 41.0 Å². The van der Waals surface area contributed by atoms with Gasteiger partial charge in [-0.25, -0.2) is 9.59 Å². The monoisotopic (exact) mass is 437 g/mol. The lowest BCUT2D eigenvalue weighted by atomic mass is 10.1. The summed E-state index contributed by atoms with van der Waals surface area (Å²) in [5, 5.41) is 21.4. The van der Waals surface area contributed by atoms with Crippen molar-refractivity contribution in [2.45, 2.75) is 38.8 Å². The minimum absolute atomic E-state index is 0.00212. The number of aromatic hydroxyl groups is 1. The van der Waals surface area contributed by atoms with Crippen LogP contribution >= 0.6 is 22.6 Å². The molecule has 3 N–H and O–H groups in total. The number of nitrogens with one attached hydrogen (secondary N) is 1. The summed E-state index contributed by atoms with van der Waals surface area (Å²) in [4.78, 5) is 23.1. The summed E-state index contributed by atoms with van der Waals surface area (Å²) in [6.45, 7) is 5.06. The molecular formula is C15H20INO6. The van der Waals surface area contributed by atoms with E-state index in [1.54, 1.807) is 26.8 Å². The molecule has 0 aliphatic heterocycles. The van der Waals surface area contributed by atoms with Gasteiger partial charge in [0, 0.05) is 6.42 Å². The number of halogens is 1. The maximum Gasteiger partial charge on any atom is 0.408 e. The van der Waals surface area contributed by atoms with Gasteiger partial charge in [-0.2, -0.15) is 0 Å². The molecule has 0 aliphatic carbocycles. The first-order valence-electron chi connectivity index (χ1n) is 6.81. The van der Waals surface area contributed by atoms with Gasteiger partial charge in [-0.05, 0) is 61.1 Å². The fourth-order valence-electron chi connectivity index (χ4n) is 1.84. The molecule has 0 fully saturated rings. The van der Waals surface area contributed by atoms with Crippen molar-refractivity contribution in [2.24, 2.45) is 0 Å². The Balaban J connectivity index is 2.89. The van der Waals surface area contributed by atoms with Gasteiger partial charge in [-0.3, -0.25) is 0 Å². The zero-order chi connectivity index (χ0) is 17.8. The molecule has 8 heteroatoms. The predicted octanol–water partition coefficient (Wildman–Crippen LogP) is 2.53. The van der Waals surface area contributed by atoms with E-state index in [9.17, 15) is 19.8 Å². The van der Waals surface area contributed by atoms with Crippen LogP contribution in [0.15, 0.2) is 12.1 Å². The number of alkyl carbamates (subject to hydrolysis) is 1. The lowest BCUT2D eigenvalue weighted by Crippen LogP contribution is -2.44. The Morgan fingerprint density at radius 1 is 1.35 bits per heavy atom. The van der Waals surface area contributed by atoms with Gasteiger partial charge >= 0.3 is 12.1 Å². The van der Waals surface area contributed by atoms with E-state index in [2.05, 4.69) is 5.32 Å². The molecule has 0 saturated heterocycles. The lowest BCUT2D eigenvalue weighted by Gasteiger charge is -2.22. The first-order valence-corrected chi connectivity index (χ1v) is 7.89. The standard InChI is InChI=1S/C15H20INO6/c1-15(2,3)23-14(21)17-10(13(19)20)6-8-5-9(16)12(22-4)11(18)7-8/h5,7,10,18H,6H2,1-4H3,(H,17,21)(H,19,20). The van der Waals surface area contributed by atoms with Crippen molar-refractivity contribution >= 4 is 34.7 Å². The van der Waals surface area contributed by atoms with Crippen LogP contribution in [-0.2, 0) is 16.0 Å². The van der Waals surface area contributed by atoms with Crippen molar-refractivity contribution in [3.05, 3.63) is 21.3 Å². The van der Waals surface area contributed by atoms with Gasteiger partial charge in [0.15, 0.2) is 11.5 Å². The van der Waals surface area contributed by atoms with Crippen LogP contribution in [0.4, 0.5) is 4.79 Å². The van der Waals surface area contributed by atoms with E-state index < -0.39 is 23.7 Å². The molecule has 1 aromatic carbocycles. The molecule has 1 rings (SSSR count). The molecular weight excluding hydrogens is 417 g/mol. The van der Waals surface area contributed by atoms with Crippen LogP contribution in [0, 0.1) is 3.57 Å². The fourth-order valence-corrected chi connectivity index (χ4v) is 2.74. The number of benzene rings is 1. The summed E-state index contributed by atoms with van der Waals surface area (Å²) in [6.07, 6.45) is -0.806. The maximum atomic E-state index is 11.7. The average Bonchev–Trinajstić information content (AvgIpc) is 2.35. The Morgan fingerprint density at radius 2 is 1.96 bits per heavy atom. The number of phenolic OH excluding ortho intramolecular Hbond substituents is 1. The average molecular weight is 437 g/mol. The van der Waals surface area contributed by atoms with Crippen LogP contribution in [0.3, 0.4) is 0 Å². The second-order valence-corrected chi connectivity index (χ2v) is 7.03. The molecule has 0 radical (unpaired) electrons. The highest BCUT2D eigenvalue weighted by molar-refractivity contribution is 14.1. The molecule has 1 amide bonds. The van der Waals surface area contributed by atoms with Crippen LogP contribution < -0.4 is 10.1 Å². The molecule has 1 atom stereocenters. The predicted molar refractivity (Wildman–Crippen MR) is 91.9 cm³/mol. The zero-order valence-electron chi connectivity index (χ0n) is 13.3. The molecule has 0 bridgehead atoms. The molecule has 0 aromatic heterocycles. The summed E-state index contributed by atoms with van der Waals surface area (Å²) in [5.74, 6) is -0.960. The number of hydrogen-bond donors (Lipinski definition) is 3. The Kier molecular flexibility index (Phi) is 6.48. The van der Waals surface area contributed by atoms with Gasteiger partial charge in [-0.15, -0.1) is 0 Å². The third kappa shape index (κ3) is 6.12. The van der Waals surface area contributed by atoms with Crippen molar-refractivity contribution < 1.29 is 29.3 Å². The third-order valence-electron chi connectivity index (χ3n) is 2.72. The quantitative estimate of drug-likeness (QED) is 0.612. The smallest absolute Gasteiger partial charge is 0.408 e. The number of carbonyl (C=O) groups excluding carboxylic acids is 1. The number of carbonyl (C=O) groups is 2. The Labute approximate surface area is 148 Å². The molecule has 0 spiro atoms. The molecule has 23 heavy (non-hydrogen) atoms. The van der Waals surface area contributed by atoms with Crippen LogP contribution in [0.25, 0.3) is 0 Å². The number of ether oxygens (including phenoxy) is 2. The van der Waals surface area contributed by atoms with Gasteiger partial charge in [0.05, 0.1) is 10.7 Å². The lowest BCUT2D eigenvalue weighted by molar-refractivity contribution is -0.139. The second kappa shape index (κ2) is 7.71. The van der Waals surface area contributed by atoms with Gasteiger partial charge in [-0.1, -0.05) is 0 Å². The second-order valence-electron chi connectivity index (χ2n) is 5.87. The molecule has 1 aromatic rings. The minimum atomic E-state index is -1.19. The molecule has 0 aliphatic rings. The Morgan fingerprint density at radius 3 is 2.39 bits per heavy atom.